The average molecular weight is 193 g/mol. The first-order valence-corrected chi connectivity index (χ1v) is 4.47. The first-order chi connectivity index (χ1) is 6.90. The fourth-order valence-electron chi connectivity index (χ4n) is 1.12. The number of hydrogen-bond acceptors (Lipinski definition) is 4. The molecule has 0 aliphatic heterocycles. The van der Waals surface area contributed by atoms with Crippen molar-refractivity contribution in [3.63, 3.8) is 0 Å². The summed E-state index contributed by atoms with van der Waals surface area (Å²) in [5, 5.41) is 3.85. The standard InChI is InChI=1S/C10H11NO3/c1-2-12-7-8-6-10(14-11-8)9-4-3-5-13-9/h3-6H,2,7H2,1H3. The van der Waals surface area contributed by atoms with Crippen molar-refractivity contribution in [1.82, 2.24) is 5.16 Å². The second-order valence-electron chi connectivity index (χ2n) is 2.80. The van der Waals surface area contributed by atoms with Gasteiger partial charge in [-0.2, -0.15) is 0 Å². The SMILES string of the molecule is CCOCc1cc(-c2ccco2)on1. The highest BCUT2D eigenvalue weighted by Crippen LogP contribution is 2.20. The molecule has 0 saturated carbocycles. The molecule has 0 aliphatic carbocycles. The van der Waals surface area contributed by atoms with Crippen LogP contribution in [0.5, 0.6) is 0 Å². The van der Waals surface area contributed by atoms with Crippen molar-refractivity contribution in [2.45, 2.75) is 13.5 Å². The summed E-state index contributed by atoms with van der Waals surface area (Å²) < 4.78 is 15.4. The lowest BCUT2D eigenvalue weighted by atomic mass is 10.3. The van der Waals surface area contributed by atoms with Gasteiger partial charge in [0.1, 0.15) is 5.69 Å². The molecule has 14 heavy (non-hydrogen) atoms. The van der Waals surface area contributed by atoms with Crippen molar-refractivity contribution in [2.24, 2.45) is 0 Å². The van der Waals surface area contributed by atoms with Gasteiger partial charge in [-0.15, -0.1) is 0 Å². The van der Waals surface area contributed by atoms with Crippen LogP contribution >= 0.6 is 0 Å². The largest absolute Gasteiger partial charge is 0.461 e. The molecule has 4 heteroatoms. The lowest BCUT2D eigenvalue weighted by Crippen LogP contribution is -1.90. The number of aromatic nitrogens is 1. The Morgan fingerprint density at radius 1 is 1.43 bits per heavy atom. The van der Waals surface area contributed by atoms with Crippen molar-refractivity contribution in [2.75, 3.05) is 6.61 Å². The van der Waals surface area contributed by atoms with E-state index in [0.29, 0.717) is 24.7 Å². The number of nitrogens with zero attached hydrogens (tertiary/aromatic N) is 1. The van der Waals surface area contributed by atoms with Crippen LogP contribution in [0.25, 0.3) is 11.5 Å². The van der Waals surface area contributed by atoms with Crippen molar-refractivity contribution in [3.8, 4) is 11.5 Å². The van der Waals surface area contributed by atoms with Crippen LogP contribution in [0.3, 0.4) is 0 Å². The molecule has 0 saturated heterocycles. The van der Waals surface area contributed by atoms with E-state index in [9.17, 15) is 0 Å². The van der Waals surface area contributed by atoms with Crippen LogP contribution in [0, 0.1) is 0 Å². The highest BCUT2D eigenvalue weighted by atomic mass is 16.5. The summed E-state index contributed by atoms with van der Waals surface area (Å²) in [5.41, 5.74) is 0.776. The highest BCUT2D eigenvalue weighted by molar-refractivity contribution is 5.49. The summed E-state index contributed by atoms with van der Waals surface area (Å²) in [5.74, 6) is 1.31. The van der Waals surface area contributed by atoms with E-state index in [2.05, 4.69) is 5.16 Å². The molecule has 74 valence electrons. The monoisotopic (exact) mass is 193 g/mol. The zero-order valence-corrected chi connectivity index (χ0v) is 7.90. The molecule has 4 nitrogen and oxygen atoms in total. The van der Waals surface area contributed by atoms with Gasteiger partial charge in [0.15, 0.2) is 5.76 Å². The minimum Gasteiger partial charge on any atom is -0.461 e. The number of hydrogen-bond donors (Lipinski definition) is 0. The summed E-state index contributed by atoms with van der Waals surface area (Å²) in [6, 6.07) is 5.44. The van der Waals surface area contributed by atoms with Crippen LogP contribution in [0.15, 0.2) is 33.4 Å². The summed E-state index contributed by atoms with van der Waals surface area (Å²) in [4.78, 5) is 0. The van der Waals surface area contributed by atoms with Crippen LogP contribution in [-0.2, 0) is 11.3 Å². The third-order valence-electron chi connectivity index (χ3n) is 1.78. The number of rotatable bonds is 4. The summed E-state index contributed by atoms with van der Waals surface area (Å²) in [6.45, 7) is 3.08. The van der Waals surface area contributed by atoms with E-state index >= 15 is 0 Å². The molecule has 0 amide bonds. The van der Waals surface area contributed by atoms with Gasteiger partial charge in [0.25, 0.3) is 0 Å². The van der Waals surface area contributed by atoms with Crippen LogP contribution in [0.4, 0.5) is 0 Å². The average Bonchev–Trinajstić information content (AvgIpc) is 2.85. The summed E-state index contributed by atoms with van der Waals surface area (Å²) >= 11 is 0. The van der Waals surface area contributed by atoms with Crippen molar-refractivity contribution in [3.05, 3.63) is 30.2 Å². The van der Waals surface area contributed by atoms with E-state index in [0.717, 1.165) is 5.69 Å². The molecular weight excluding hydrogens is 182 g/mol. The van der Waals surface area contributed by atoms with Gasteiger partial charge >= 0.3 is 0 Å². The van der Waals surface area contributed by atoms with Gasteiger partial charge in [0.2, 0.25) is 5.76 Å². The van der Waals surface area contributed by atoms with Crippen LogP contribution < -0.4 is 0 Å². The lowest BCUT2D eigenvalue weighted by molar-refractivity contribution is 0.128. The summed E-state index contributed by atoms with van der Waals surface area (Å²) in [6.07, 6.45) is 1.60. The molecule has 2 aromatic heterocycles. The molecule has 0 unspecified atom stereocenters. The molecule has 0 N–H and O–H groups in total. The maximum absolute atomic E-state index is 5.20. The molecule has 0 aromatic carbocycles. The Labute approximate surface area is 81.5 Å². The molecule has 0 radical (unpaired) electrons. The van der Waals surface area contributed by atoms with Crippen LogP contribution in [0.1, 0.15) is 12.6 Å². The maximum Gasteiger partial charge on any atom is 0.202 e. The lowest BCUT2D eigenvalue weighted by Gasteiger charge is -1.92. The fraction of sp³-hybridized carbons (Fsp3) is 0.300. The molecular formula is C10H11NO3. The highest BCUT2D eigenvalue weighted by Gasteiger charge is 2.08. The van der Waals surface area contributed by atoms with E-state index in [-0.39, 0.29) is 0 Å². The van der Waals surface area contributed by atoms with Gasteiger partial charge in [0, 0.05) is 12.7 Å². The van der Waals surface area contributed by atoms with E-state index in [1.165, 1.54) is 0 Å². The van der Waals surface area contributed by atoms with Gasteiger partial charge < -0.3 is 13.7 Å². The Morgan fingerprint density at radius 2 is 2.36 bits per heavy atom. The van der Waals surface area contributed by atoms with Crippen LogP contribution in [0.2, 0.25) is 0 Å². The molecule has 0 bridgehead atoms. The van der Waals surface area contributed by atoms with Crippen molar-refractivity contribution >= 4 is 0 Å². The van der Waals surface area contributed by atoms with Crippen molar-refractivity contribution in [1.29, 1.82) is 0 Å². The van der Waals surface area contributed by atoms with E-state index < -0.39 is 0 Å². The molecule has 2 rings (SSSR count). The summed E-state index contributed by atoms with van der Waals surface area (Å²) in [7, 11) is 0. The molecule has 2 aromatic rings. The molecule has 0 fully saturated rings. The quantitative estimate of drug-likeness (QED) is 0.748. The Morgan fingerprint density at radius 3 is 3.07 bits per heavy atom. The minimum atomic E-state index is 0.473. The Bertz CT molecular complexity index is 378. The fourth-order valence-corrected chi connectivity index (χ4v) is 1.12. The first-order valence-electron chi connectivity index (χ1n) is 4.47. The zero-order valence-electron chi connectivity index (χ0n) is 7.90. The second kappa shape index (κ2) is 4.11. The van der Waals surface area contributed by atoms with Crippen molar-refractivity contribution < 1.29 is 13.7 Å². The van der Waals surface area contributed by atoms with Gasteiger partial charge in [-0.3, -0.25) is 0 Å². The zero-order chi connectivity index (χ0) is 9.80. The molecule has 0 atom stereocenters. The topological polar surface area (TPSA) is 48.4 Å². The molecule has 0 aliphatic rings. The molecule has 2 heterocycles. The third-order valence-corrected chi connectivity index (χ3v) is 1.78. The van der Waals surface area contributed by atoms with Gasteiger partial charge in [0.05, 0.1) is 12.9 Å². The Balaban J connectivity index is 2.10. The molecule has 0 spiro atoms. The van der Waals surface area contributed by atoms with Gasteiger partial charge in [-0.1, -0.05) is 5.16 Å². The maximum atomic E-state index is 5.20. The number of furan rings is 1. The normalized spacial score (nSPS) is 10.6. The van der Waals surface area contributed by atoms with Crippen LogP contribution in [-0.4, -0.2) is 11.8 Å². The van der Waals surface area contributed by atoms with E-state index in [1.807, 2.05) is 19.1 Å². The minimum absolute atomic E-state index is 0.473. The number of ether oxygens (including phenoxy) is 1. The van der Waals surface area contributed by atoms with Gasteiger partial charge in [-0.05, 0) is 19.1 Å². The Kier molecular flexibility index (Phi) is 2.65. The second-order valence-corrected chi connectivity index (χ2v) is 2.80. The Hall–Kier alpha value is -1.55. The smallest absolute Gasteiger partial charge is 0.202 e. The third kappa shape index (κ3) is 1.85. The first kappa shape index (κ1) is 9.02. The predicted octanol–water partition coefficient (Wildman–Crippen LogP) is 2.47. The van der Waals surface area contributed by atoms with E-state index in [1.54, 1.807) is 12.3 Å². The van der Waals surface area contributed by atoms with E-state index in [4.69, 9.17) is 13.7 Å². The van der Waals surface area contributed by atoms with Gasteiger partial charge in [-0.25, -0.2) is 0 Å². The predicted molar refractivity (Wildman–Crippen MR) is 49.5 cm³/mol.